The summed E-state index contributed by atoms with van der Waals surface area (Å²) in [6, 6.07) is 12.3. The molecule has 1 aliphatic heterocycles. The fourth-order valence-corrected chi connectivity index (χ4v) is 4.27. The zero-order chi connectivity index (χ0) is 28.8. The number of carbonyl (C=O) groups is 2. The Kier molecular flexibility index (Phi) is 9.28. The summed E-state index contributed by atoms with van der Waals surface area (Å²) in [7, 11) is 5.49. The van der Waals surface area contributed by atoms with Gasteiger partial charge in [0.25, 0.3) is 5.91 Å². The van der Waals surface area contributed by atoms with Crippen LogP contribution < -0.4 is 20.9 Å². The van der Waals surface area contributed by atoms with Gasteiger partial charge in [0.2, 0.25) is 5.95 Å². The zero-order valence-corrected chi connectivity index (χ0v) is 24.0. The van der Waals surface area contributed by atoms with Crippen molar-refractivity contribution < 1.29 is 14.3 Å². The maximum Gasteiger partial charge on any atom is 0.323 e. The number of hydrogen-bond donors (Lipinski definition) is 3. The van der Waals surface area contributed by atoms with Gasteiger partial charge < -0.3 is 30.5 Å². The second-order valence-corrected chi connectivity index (χ2v) is 10.2. The van der Waals surface area contributed by atoms with Gasteiger partial charge in [0.15, 0.2) is 5.82 Å². The Labute approximate surface area is 235 Å². The van der Waals surface area contributed by atoms with Crippen molar-refractivity contribution in [1.82, 2.24) is 25.2 Å². The summed E-state index contributed by atoms with van der Waals surface area (Å²) in [5, 5.41) is 8.41. The molecule has 11 heteroatoms. The lowest BCUT2D eigenvalue weighted by Gasteiger charge is -2.27. The number of nitrogens with zero attached hydrogens (tertiary/aromatic N) is 5. The number of amides is 3. The van der Waals surface area contributed by atoms with Crippen molar-refractivity contribution in [1.29, 1.82) is 0 Å². The van der Waals surface area contributed by atoms with E-state index in [2.05, 4.69) is 39.7 Å². The Morgan fingerprint density at radius 1 is 0.925 bits per heavy atom. The predicted octanol–water partition coefficient (Wildman–Crippen LogP) is 4.12. The first-order valence-corrected chi connectivity index (χ1v) is 13.5. The van der Waals surface area contributed by atoms with Crippen molar-refractivity contribution in [2.24, 2.45) is 0 Å². The third-order valence-corrected chi connectivity index (χ3v) is 6.86. The number of morpholine rings is 1. The number of rotatable bonds is 8. The molecule has 1 aliphatic rings. The van der Waals surface area contributed by atoms with E-state index in [-0.39, 0.29) is 23.9 Å². The molecule has 0 bridgehead atoms. The molecule has 1 atom stereocenters. The zero-order valence-electron chi connectivity index (χ0n) is 24.0. The molecule has 0 aliphatic carbocycles. The smallest absolute Gasteiger partial charge is 0.323 e. The lowest BCUT2D eigenvalue weighted by atomic mass is 9.99. The van der Waals surface area contributed by atoms with E-state index in [0.717, 1.165) is 30.0 Å². The summed E-state index contributed by atoms with van der Waals surface area (Å²) in [6.45, 7) is 8.90. The largest absolute Gasteiger partial charge is 0.378 e. The topological polar surface area (TPSA) is 125 Å². The molecule has 1 saturated heterocycles. The van der Waals surface area contributed by atoms with Crippen LogP contribution in [0.1, 0.15) is 54.5 Å². The Hall–Kier alpha value is -4.09. The number of nitrogens with one attached hydrogen (secondary N) is 3. The fourth-order valence-electron chi connectivity index (χ4n) is 4.27. The van der Waals surface area contributed by atoms with E-state index < -0.39 is 0 Å². The number of benzene rings is 2. The van der Waals surface area contributed by atoms with Crippen molar-refractivity contribution in [3.63, 3.8) is 0 Å². The van der Waals surface area contributed by atoms with Crippen LogP contribution in [0.15, 0.2) is 42.5 Å². The normalized spacial score (nSPS) is 14.2. The molecular formula is C29H38N8O3. The highest BCUT2D eigenvalue weighted by Gasteiger charge is 2.20. The van der Waals surface area contributed by atoms with E-state index >= 15 is 0 Å². The highest BCUT2D eigenvalue weighted by Crippen LogP contribution is 2.26. The molecule has 4 rings (SSSR count). The number of hydrogen-bond acceptors (Lipinski definition) is 8. The first-order valence-electron chi connectivity index (χ1n) is 13.5. The molecule has 1 fully saturated rings. The minimum absolute atomic E-state index is 0.0277. The average molecular weight is 547 g/mol. The van der Waals surface area contributed by atoms with Gasteiger partial charge in [-0.05, 0) is 69.0 Å². The standard InChI is InChI=1S/C29H38N8O3/c1-18(2)25-33-26(35-28(34-25)37-13-15-40-16-14-37)20-7-9-21(10-8-20)31-29(39)32-22-11-12-23(27(38)30-4)24(17-22)19(3)36(5)6/h7-12,17-19H,13-16H2,1-6H3,(H,30,38)(H2,31,32,39). The molecule has 3 N–H and O–H groups in total. The number of aromatic nitrogens is 3. The molecule has 1 aromatic heterocycles. The summed E-state index contributed by atoms with van der Waals surface area (Å²) < 4.78 is 5.47. The van der Waals surface area contributed by atoms with Crippen LogP contribution in [0.3, 0.4) is 0 Å². The SMILES string of the molecule is CNC(=O)c1ccc(NC(=O)Nc2ccc(-c3nc(C(C)C)nc(N4CCOCC4)n3)cc2)cc1C(C)N(C)C. The third kappa shape index (κ3) is 6.91. The summed E-state index contributed by atoms with van der Waals surface area (Å²) in [4.78, 5) is 43.4. The van der Waals surface area contributed by atoms with Gasteiger partial charge in [-0.15, -0.1) is 0 Å². The van der Waals surface area contributed by atoms with Crippen LogP contribution in [-0.4, -0.2) is 79.2 Å². The second-order valence-electron chi connectivity index (χ2n) is 10.2. The van der Waals surface area contributed by atoms with Crippen LogP contribution >= 0.6 is 0 Å². The highest BCUT2D eigenvalue weighted by molar-refractivity contribution is 6.01. The van der Waals surface area contributed by atoms with Gasteiger partial charge >= 0.3 is 6.03 Å². The lowest BCUT2D eigenvalue weighted by Crippen LogP contribution is -2.37. The van der Waals surface area contributed by atoms with Gasteiger partial charge in [-0.3, -0.25) is 4.79 Å². The van der Waals surface area contributed by atoms with E-state index in [9.17, 15) is 9.59 Å². The van der Waals surface area contributed by atoms with E-state index in [1.807, 2.05) is 56.3 Å². The molecule has 40 heavy (non-hydrogen) atoms. The van der Waals surface area contributed by atoms with Gasteiger partial charge in [-0.2, -0.15) is 9.97 Å². The number of urea groups is 1. The van der Waals surface area contributed by atoms with E-state index in [4.69, 9.17) is 14.7 Å². The molecule has 11 nitrogen and oxygen atoms in total. The molecule has 0 spiro atoms. The van der Waals surface area contributed by atoms with Crippen LogP contribution in [-0.2, 0) is 4.74 Å². The molecular weight excluding hydrogens is 508 g/mol. The summed E-state index contributed by atoms with van der Waals surface area (Å²) >= 11 is 0. The Balaban J connectivity index is 1.49. The van der Waals surface area contributed by atoms with Crippen molar-refractivity contribution in [2.75, 3.05) is 63.0 Å². The van der Waals surface area contributed by atoms with Gasteiger partial charge in [0.1, 0.15) is 5.82 Å². The minimum Gasteiger partial charge on any atom is -0.378 e. The third-order valence-electron chi connectivity index (χ3n) is 6.86. The summed E-state index contributed by atoms with van der Waals surface area (Å²) in [5.41, 5.74) is 3.43. The molecule has 3 amide bonds. The molecule has 2 heterocycles. The van der Waals surface area contributed by atoms with Gasteiger partial charge in [0, 0.05) is 54.6 Å². The quantitative estimate of drug-likeness (QED) is 0.385. The van der Waals surface area contributed by atoms with Gasteiger partial charge in [-0.1, -0.05) is 13.8 Å². The average Bonchev–Trinajstić information content (AvgIpc) is 2.96. The van der Waals surface area contributed by atoms with Gasteiger partial charge in [0.05, 0.1) is 13.2 Å². The Morgan fingerprint density at radius 3 is 2.20 bits per heavy atom. The molecule has 212 valence electrons. The number of carbonyl (C=O) groups excluding carboxylic acids is 2. The number of anilines is 3. The second kappa shape index (κ2) is 12.8. The first kappa shape index (κ1) is 28.9. The van der Waals surface area contributed by atoms with E-state index in [1.54, 1.807) is 19.2 Å². The van der Waals surface area contributed by atoms with E-state index in [0.29, 0.717) is 41.9 Å². The van der Waals surface area contributed by atoms with Gasteiger partial charge in [-0.25, -0.2) is 9.78 Å². The lowest BCUT2D eigenvalue weighted by molar-refractivity contribution is 0.0960. The summed E-state index contributed by atoms with van der Waals surface area (Å²) in [6.07, 6.45) is 0. The van der Waals surface area contributed by atoms with Crippen molar-refractivity contribution in [3.05, 3.63) is 59.4 Å². The Morgan fingerprint density at radius 2 is 1.57 bits per heavy atom. The van der Waals surface area contributed by atoms with E-state index in [1.165, 1.54) is 0 Å². The van der Waals surface area contributed by atoms with Crippen LogP contribution in [0.25, 0.3) is 11.4 Å². The minimum atomic E-state index is -0.388. The van der Waals surface area contributed by atoms with Crippen molar-refractivity contribution in [2.45, 2.75) is 32.7 Å². The van der Waals surface area contributed by atoms with Crippen LogP contribution in [0.4, 0.5) is 22.1 Å². The first-order chi connectivity index (χ1) is 19.2. The van der Waals surface area contributed by atoms with Crippen molar-refractivity contribution in [3.8, 4) is 11.4 Å². The van der Waals surface area contributed by atoms with Crippen LogP contribution in [0, 0.1) is 0 Å². The van der Waals surface area contributed by atoms with Crippen molar-refractivity contribution >= 4 is 29.3 Å². The fraction of sp³-hybridized carbons (Fsp3) is 0.414. The monoisotopic (exact) mass is 546 g/mol. The van der Waals surface area contributed by atoms with Crippen LogP contribution in [0.2, 0.25) is 0 Å². The number of ether oxygens (including phenoxy) is 1. The maximum atomic E-state index is 12.8. The Bertz CT molecular complexity index is 1340. The predicted molar refractivity (Wildman–Crippen MR) is 157 cm³/mol. The molecule has 2 aromatic carbocycles. The molecule has 1 unspecified atom stereocenters. The molecule has 0 saturated carbocycles. The maximum absolute atomic E-state index is 12.8. The summed E-state index contributed by atoms with van der Waals surface area (Å²) in [5.74, 6) is 1.96. The molecule has 0 radical (unpaired) electrons. The van der Waals surface area contributed by atoms with Crippen LogP contribution in [0.5, 0.6) is 0 Å². The highest BCUT2D eigenvalue weighted by atomic mass is 16.5. The molecule has 3 aromatic rings.